The van der Waals surface area contributed by atoms with E-state index in [4.69, 9.17) is 4.74 Å². The fraction of sp³-hybridized carbons (Fsp3) is 0.689. The van der Waals surface area contributed by atoms with Crippen LogP contribution in [0.1, 0.15) is 162 Å². The lowest BCUT2D eigenvalue weighted by Crippen LogP contribution is -2.29. The Balaban J connectivity index is 0. The second-order valence-corrected chi connectivity index (χ2v) is 15.1. The van der Waals surface area contributed by atoms with Crippen molar-refractivity contribution in [2.75, 3.05) is 21.1 Å². The van der Waals surface area contributed by atoms with E-state index >= 15 is 0 Å². The molecule has 306 valence electrons. The van der Waals surface area contributed by atoms with Crippen LogP contribution in [0.25, 0.3) is 6.08 Å². The number of hydrogen-bond donors (Lipinski definition) is 3. The Labute approximate surface area is 324 Å². The molecule has 6 nitrogen and oxygen atoms in total. The molecular formula is C45H79F2N3O3. The zero-order valence-corrected chi connectivity index (χ0v) is 35.8. The Morgan fingerprint density at radius 2 is 1.57 bits per heavy atom. The third-order valence-electron chi connectivity index (χ3n) is 9.77. The molecule has 0 heterocycles. The predicted molar refractivity (Wildman–Crippen MR) is 225 cm³/mol. The number of allylic oxidation sites excluding steroid dienone is 4. The molecule has 2 saturated carbocycles. The van der Waals surface area contributed by atoms with Crippen molar-refractivity contribution in [2.24, 2.45) is 23.2 Å². The number of alkyl halides is 1. The molecule has 8 heteroatoms. The normalized spacial score (nSPS) is 16.3. The first-order chi connectivity index (χ1) is 25.2. The van der Waals surface area contributed by atoms with Crippen molar-refractivity contribution in [3.63, 3.8) is 0 Å². The van der Waals surface area contributed by atoms with E-state index in [0.29, 0.717) is 34.8 Å². The summed E-state index contributed by atoms with van der Waals surface area (Å²) in [7, 11) is 5.33. The van der Waals surface area contributed by atoms with E-state index in [9.17, 15) is 18.4 Å². The van der Waals surface area contributed by atoms with Gasteiger partial charge in [0.15, 0.2) is 6.29 Å². The first kappa shape index (κ1) is 52.3. The smallest absolute Gasteiger partial charge is 0.222 e. The maximum Gasteiger partial charge on any atom is 0.222 e. The third kappa shape index (κ3) is 23.5. The summed E-state index contributed by atoms with van der Waals surface area (Å²) in [6.07, 6.45) is 18.4. The van der Waals surface area contributed by atoms with Crippen LogP contribution >= 0.6 is 0 Å². The number of benzene rings is 1. The lowest BCUT2D eigenvalue weighted by molar-refractivity contribution is -0.124. The van der Waals surface area contributed by atoms with Crippen LogP contribution in [-0.2, 0) is 4.79 Å². The van der Waals surface area contributed by atoms with E-state index < -0.39 is 6.17 Å². The first-order valence-electron chi connectivity index (χ1n) is 20.3. The molecule has 3 rings (SSSR count). The number of nitrogens with one attached hydrogen (secondary N) is 3. The Morgan fingerprint density at radius 3 is 1.98 bits per heavy atom. The lowest BCUT2D eigenvalue weighted by Gasteiger charge is -2.28. The van der Waals surface area contributed by atoms with Crippen LogP contribution in [0.3, 0.4) is 0 Å². The largest absolute Gasteiger partial charge is 0.490 e. The van der Waals surface area contributed by atoms with Crippen LogP contribution in [0.4, 0.5) is 8.78 Å². The third-order valence-corrected chi connectivity index (χ3v) is 9.77. The van der Waals surface area contributed by atoms with Gasteiger partial charge in [0.2, 0.25) is 5.91 Å². The molecule has 2 fully saturated rings. The maximum absolute atomic E-state index is 14.6. The molecular weight excluding hydrogens is 669 g/mol. The zero-order valence-electron chi connectivity index (χ0n) is 35.8. The fourth-order valence-corrected chi connectivity index (χ4v) is 5.65. The predicted octanol–water partition coefficient (Wildman–Crippen LogP) is 12.2. The SMILES string of the molecule is C=C/C=C(F)\C(=C\c1c(C=O)cccc1OC1CCCC1)C1CCC1.CCC.CCC(C)(C)CC(C)C(=O)NC.CCC(C)CC(F)CC.CNNC. The minimum Gasteiger partial charge on any atom is -0.490 e. The van der Waals surface area contributed by atoms with Crippen LogP contribution in [0, 0.1) is 23.2 Å². The summed E-state index contributed by atoms with van der Waals surface area (Å²) < 4.78 is 33.3. The molecule has 53 heavy (non-hydrogen) atoms. The Hall–Kier alpha value is -2.84. The fourth-order valence-electron chi connectivity index (χ4n) is 5.65. The van der Waals surface area contributed by atoms with Gasteiger partial charge in [-0.25, -0.2) is 8.78 Å². The second kappa shape index (κ2) is 31.5. The van der Waals surface area contributed by atoms with Gasteiger partial charge in [-0.2, -0.15) is 0 Å². The maximum atomic E-state index is 14.6. The lowest BCUT2D eigenvalue weighted by atomic mass is 9.78. The molecule has 1 aromatic rings. The monoisotopic (exact) mass is 748 g/mol. The van der Waals surface area contributed by atoms with Crippen molar-refractivity contribution < 1.29 is 23.1 Å². The quantitative estimate of drug-likeness (QED) is 0.0891. The van der Waals surface area contributed by atoms with Crippen molar-refractivity contribution in [1.29, 1.82) is 0 Å². The summed E-state index contributed by atoms with van der Waals surface area (Å²) in [6.45, 7) is 22.5. The number of halogens is 2. The Kier molecular flexibility index (Phi) is 31.1. The van der Waals surface area contributed by atoms with Gasteiger partial charge in [-0.15, -0.1) is 0 Å². The highest BCUT2D eigenvalue weighted by atomic mass is 19.1. The average Bonchev–Trinajstić information content (AvgIpc) is 3.64. The molecule has 2 aliphatic rings. The molecule has 1 amide bonds. The summed E-state index contributed by atoms with van der Waals surface area (Å²) in [5.41, 5.74) is 7.53. The summed E-state index contributed by atoms with van der Waals surface area (Å²) in [5, 5.41) is 2.67. The van der Waals surface area contributed by atoms with Crippen LogP contribution in [0.15, 0.2) is 48.3 Å². The van der Waals surface area contributed by atoms with Gasteiger partial charge < -0.3 is 10.1 Å². The molecule has 0 aliphatic heterocycles. The minimum absolute atomic E-state index is 0.130. The van der Waals surface area contributed by atoms with E-state index in [1.807, 2.05) is 46.2 Å². The highest BCUT2D eigenvalue weighted by molar-refractivity contribution is 5.85. The molecule has 0 saturated heterocycles. The van der Waals surface area contributed by atoms with Crippen molar-refractivity contribution >= 4 is 18.3 Å². The number of carbonyl (C=O) groups is 2. The number of amides is 1. The van der Waals surface area contributed by atoms with E-state index in [0.717, 1.165) is 64.1 Å². The van der Waals surface area contributed by atoms with Crippen molar-refractivity contribution in [1.82, 2.24) is 16.2 Å². The molecule has 3 N–H and O–H groups in total. The van der Waals surface area contributed by atoms with Crippen molar-refractivity contribution in [3.8, 4) is 5.75 Å². The van der Waals surface area contributed by atoms with Gasteiger partial charge in [-0.05, 0) is 113 Å². The molecule has 0 radical (unpaired) electrons. The van der Waals surface area contributed by atoms with Crippen LogP contribution in [0.2, 0.25) is 0 Å². The number of hydrazine groups is 1. The molecule has 0 bridgehead atoms. The summed E-state index contributed by atoms with van der Waals surface area (Å²) in [4.78, 5) is 22.7. The minimum atomic E-state index is -0.569. The number of carbonyl (C=O) groups excluding carboxylic acids is 2. The first-order valence-corrected chi connectivity index (χ1v) is 20.3. The van der Waals surface area contributed by atoms with E-state index in [-0.39, 0.29) is 35.1 Å². The zero-order chi connectivity index (χ0) is 40.8. The van der Waals surface area contributed by atoms with Gasteiger partial charge in [0.05, 0.1) is 6.10 Å². The molecule has 3 atom stereocenters. The van der Waals surface area contributed by atoms with Crippen LogP contribution in [-0.4, -0.2) is 45.6 Å². The number of rotatable bonds is 16. The Bertz CT molecular complexity index is 1160. The van der Waals surface area contributed by atoms with Gasteiger partial charge >= 0.3 is 0 Å². The van der Waals surface area contributed by atoms with E-state index in [1.54, 1.807) is 13.1 Å². The summed E-state index contributed by atoms with van der Waals surface area (Å²) in [6, 6.07) is 5.46. The number of aldehydes is 1. The second-order valence-electron chi connectivity index (χ2n) is 15.1. The van der Waals surface area contributed by atoms with Crippen LogP contribution in [0.5, 0.6) is 5.75 Å². The highest BCUT2D eigenvalue weighted by Gasteiger charge is 2.26. The molecule has 2 aliphatic carbocycles. The van der Waals surface area contributed by atoms with Gasteiger partial charge in [0.1, 0.15) is 17.7 Å². The molecule has 0 spiro atoms. The summed E-state index contributed by atoms with van der Waals surface area (Å²) >= 11 is 0. The molecule has 1 aromatic carbocycles. The van der Waals surface area contributed by atoms with Gasteiger partial charge in [-0.3, -0.25) is 20.4 Å². The van der Waals surface area contributed by atoms with Gasteiger partial charge in [-0.1, -0.05) is 113 Å². The average molecular weight is 748 g/mol. The van der Waals surface area contributed by atoms with Gasteiger partial charge in [0.25, 0.3) is 0 Å². The van der Waals surface area contributed by atoms with Crippen molar-refractivity contribution in [3.05, 3.63) is 59.5 Å². The molecule has 3 unspecified atom stereocenters. The topological polar surface area (TPSA) is 79.5 Å². The van der Waals surface area contributed by atoms with E-state index in [1.165, 1.54) is 31.4 Å². The standard InChI is InChI=1S/C22H25FO2.C10H21NO.C8H17F.C3H8.C2H8N2/c1-2-7-21(23)19(16-8-5-9-16)14-20-17(15-24)10-6-13-22(20)25-18-11-3-4-12-18;1-6-10(3,4)7-8(2)9(12)11-5;1-4-7(3)6-8(9)5-2;1-3-2;1-3-4-2/h2,6-7,10,13-16,18H,1,3-5,8-9,11-12H2;8H,6-7H2,1-5H3,(H,11,12);7-8H,4-6H2,1-3H3;3H2,1-2H3;3-4H,1-2H3/b19-14+,21-7+;;;;. The summed E-state index contributed by atoms with van der Waals surface area (Å²) in [5.74, 6) is 1.45. The highest BCUT2D eigenvalue weighted by Crippen LogP contribution is 2.40. The Morgan fingerprint density at radius 1 is 0.981 bits per heavy atom. The van der Waals surface area contributed by atoms with Crippen LogP contribution < -0.4 is 20.9 Å². The number of hydrogen-bond acceptors (Lipinski definition) is 5. The van der Waals surface area contributed by atoms with Crippen molar-refractivity contribution in [2.45, 2.75) is 158 Å². The van der Waals surface area contributed by atoms with E-state index in [2.05, 4.69) is 71.2 Å². The number of ether oxygens (including phenoxy) is 1. The molecule has 0 aromatic heterocycles. The van der Waals surface area contributed by atoms with Gasteiger partial charge in [0, 0.05) is 24.1 Å².